The van der Waals surface area contributed by atoms with Crippen LogP contribution in [0.5, 0.6) is 5.75 Å². The number of aromatic nitrogens is 2. The molecule has 158 valence electrons. The van der Waals surface area contributed by atoms with Gasteiger partial charge in [-0.2, -0.15) is 0 Å². The fraction of sp³-hybridized carbons (Fsp3) is 0.111. The van der Waals surface area contributed by atoms with E-state index in [4.69, 9.17) is 21.3 Å². The normalized spacial score (nSPS) is 11.2. The molecule has 0 atom stereocenters. The van der Waals surface area contributed by atoms with E-state index in [0.717, 1.165) is 22.1 Å². The van der Waals surface area contributed by atoms with E-state index >= 15 is 0 Å². The third kappa shape index (κ3) is 3.97. The topological polar surface area (TPSA) is 44.1 Å². The van der Waals surface area contributed by atoms with Crippen molar-refractivity contribution < 1.29 is 4.74 Å². The summed E-state index contributed by atoms with van der Waals surface area (Å²) in [5, 5.41) is 3.48. The lowest BCUT2D eigenvalue weighted by atomic mass is 10.1. The third-order valence-electron chi connectivity index (χ3n) is 5.50. The second-order valence-electron chi connectivity index (χ2n) is 7.60. The number of hydrogen-bond donors (Lipinski definition) is 0. The van der Waals surface area contributed by atoms with Crippen LogP contribution in [0.3, 0.4) is 0 Å². The number of rotatable bonds is 6. The molecule has 0 saturated carbocycles. The number of para-hydroxylation sites is 1. The Kier molecular flexibility index (Phi) is 5.61. The molecule has 5 heteroatoms. The summed E-state index contributed by atoms with van der Waals surface area (Å²) in [7, 11) is 0. The van der Waals surface area contributed by atoms with Gasteiger partial charge in [0.25, 0.3) is 5.56 Å². The Morgan fingerprint density at radius 1 is 0.812 bits per heavy atom. The van der Waals surface area contributed by atoms with Gasteiger partial charge in [0.2, 0.25) is 0 Å². The van der Waals surface area contributed by atoms with E-state index in [1.807, 2.05) is 72.8 Å². The fourth-order valence-electron chi connectivity index (χ4n) is 3.92. The average Bonchev–Trinajstić information content (AvgIpc) is 2.83. The molecule has 0 N–H and O–H groups in total. The molecule has 32 heavy (non-hydrogen) atoms. The van der Waals surface area contributed by atoms with Crippen molar-refractivity contribution >= 4 is 33.3 Å². The van der Waals surface area contributed by atoms with Crippen molar-refractivity contribution in [3.05, 3.63) is 106 Å². The van der Waals surface area contributed by atoms with Crippen molar-refractivity contribution in [3.63, 3.8) is 0 Å². The molecule has 0 bridgehead atoms. The Bertz CT molecular complexity index is 1450. The van der Waals surface area contributed by atoms with Gasteiger partial charge in [-0.25, -0.2) is 4.98 Å². The first-order valence-corrected chi connectivity index (χ1v) is 10.9. The predicted octanol–water partition coefficient (Wildman–Crippen LogP) is 6.34. The van der Waals surface area contributed by atoms with Crippen LogP contribution in [0.4, 0.5) is 0 Å². The minimum atomic E-state index is -0.0503. The maximum Gasteiger partial charge on any atom is 0.261 e. The monoisotopic (exact) mass is 440 g/mol. The molecule has 0 spiro atoms. The van der Waals surface area contributed by atoms with E-state index in [9.17, 15) is 4.79 Å². The fourth-order valence-corrected chi connectivity index (χ4v) is 4.05. The molecule has 0 aliphatic heterocycles. The molecule has 0 aliphatic rings. The van der Waals surface area contributed by atoms with Gasteiger partial charge in [0.15, 0.2) is 0 Å². The molecule has 5 rings (SSSR count). The Balaban J connectivity index is 1.43. The first kappa shape index (κ1) is 20.3. The molecule has 0 amide bonds. The van der Waals surface area contributed by atoms with Gasteiger partial charge < -0.3 is 4.74 Å². The van der Waals surface area contributed by atoms with Crippen molar-refractivity contribution in [2.45, 2.75) is 13.0 Å². The number of hydrogen-bond acceptors (Lipinski definition) is 3. The van der Waals surface area contributed by atoms with Crippen LogP contribution in [0.15, 0.2) is 95.8 Å². The molecule has 0 aliphatic carbocycles. The number of nitrogens with zero attached hydrogens (tertiary/aromatic N) is 2. The Morgan fingerprint density at radius 2 is 1.53 bits per heavy atom. The highest BCUT2D eigenvalue weighted by Crippen LogP contribution is 2.25. The van der Waals surface area contributed by atoms with E-state index in [1.165, 1.54) is 0 Å². The Morgan fingerprint density at radius 3 is 2.38 bits per heavy atom. The summed E-state index contributed by atoms with van der Waals surface area (Å²) in [5.41, 5.74) is 1.49. The van der Waals surface area contributed by atoms with Crippen LogP contribution >= 0.6 is 11.6 Å². The summed E-state index contributed by atoms with van der Waals surface area (Å²) in [4.78, 5) is 18.1. The highest BCUT2D eigenvalue weighted by molar-refractivity contribution is 6.30. The van der Waals surface area contributed by atoms with Crippen molar-refractivity contribution in [1.29, 1.82) is 0 Å². The molecule has 0 unspecified atom stereocenters. The van der Waals surface area contributed by atoms with Gasteiger partial charge in [-0.1, -0.05) is 60.1 Å². The maximum absolute atomic E-state index is 13.3. The third-order valence-corrected chi connectivity index (χ3v) is 5.75. The smallest absolute Gasteiger partial charge is 0.261 e. The molecule has 0 fully saturated rings. The molecule has 4 aromatic carbocycles. The summed E-state index contributed by atoms with van der Waals surface area (Å²) in [6, 6.07) is 29.0. The van der Waals surface area contributed by atoms with Gasteiger partial charge in [0, 0.05) is 22.5 Å². The number of halogens is 1. The number of ether oxygens (including phenoxy) is 1. The first-order chi connectivity index (χ1) is 15.7. The standard InChI is InChI=1S/C27H21ClN2O2/c28-21-15-13-20(14-16-21)26-29-24-11-4-3-10-23(24)27(31)30(26)17-6-18-32-25-12-5-8-19-7-1-2-9-22(19)25/h1-5,7-16H,6,17-18H2. The van der Waals surface area contributed by atoms with Crippen molar-refractivity contribution in [3.8, 4) is 17.1 Å². The summed E-state index contributed by atoms with van der Waals surface area (Å²) in [6.45, 7) is 0.993. The zero-order valence-electron chi connectivity index (χ0n) is 17.4. The summed E-state index contributed by atoms with van der Waals surface area (Å²) < 4.78 is 7.81. The van der Waals surface area contributed by atoms with E-state index in [0.29, 0.717) is 41.3 Å². The van der Waals surface area contributed by atoms with Gasteiger partial charge in [0.1, 0.15) is 11.6 Å². The van der Waals surface area contributed by atoms with Crippen LogP contribution in [0, 0.1) is 0 Å². The Labute approximate surface area is 190 Å². The van der Waals surface area contributed by atoms with Crippen LogP contribution in [-0.4, -0.2) is 16.2 Å². The van der Waals surface area contributed by atoms with Gasteiger partial charge in [-0.15, -0.1) is 0 Å². The lowest BCUT2D eigenvalue weighted by Crippen LogP contribution is -2.24. The maximum atomic E-state index is 13.3. The molecule has 1 aromatic heterocycles. The predicted molar refractivity (Wildman–Crippen MR) is 131 cm³/mol. The average molecular weight is 441 g/mol. The molecule has 1 heterocycles. The van der Waals surface area contributed by atoms with Gasteiger partial charge >= 0.3 is 0 Å². The van der Waals surface area contributed by atoms with Crippen LogP contribution in [0.1, 0.15) is 6.42 Å². The van der Waals surface area contributed by atoms with Gasteiger partial charge in [-0.05, 0) is 54.3 Å². The minimum Gasteiger partial charge on any atom is -0.493 e. The summed E-state index contributed by atoms with van der Waals surface area (Å²) >= 11 is 6.06. The van der Waals surface area contributed by atoms with Crippen molar-refractivity contribution in [1.82, 2.24) is 9.55 Å². The zero-order valence-corrected chi connectivity index (χ0v) is 18.1. The minimum absolute atomic E-state index is 0.0503. The molecular weight excluding hydrogens is 420 g/mol. The highest BCUT2D eigenvalue weighted by atomic mass is 35.5. The highest BCUT2D eigenvalue weighted by Gasteiger charge is 2.13. The molecular formula is C27H21ClN2O2. The van der Waals surface area contributed by atoms with Gasteiger partial charge in [-0.3, -0.25) is 9.36 Å². The molecule has 4 nitrogen and oxygen atoms in total. The van der Waals surface area contributed by atoms with Gasteiger partial charge in [0.05, 0.1) is 17.5 Å². The summed E-state index contributed by atoms with van der Waals surface area (Å²) in [6.07, 6.45) is 0.670. The van der Waals surface area contributed by atoms with E-state index in [2.05, 4.69) is 18.2 Å². The Hall–Kier alpha value is -3.63. The molecule has 0 radical (unpaired) electrons. The number of fused-ring (bicyclic) bond motifs is 2. The van der Waals surface area contributed by atoms with Crippen LogP contribution < -0.4 is 10.3 Å². The largest absolute Gasteiger partial charge is 0.493 e. The second-order valence-corrected chi connectivity index (χ2v) is 8.03. The van der Waals surface area contributed by atoms with Crippen molar-refractivity contribution in [2.75, 3.05) is 6.61 Å². The van der Waals surface area contributed by atoms with Crippen LogP contribution in [0.2, 0.25) is 5.02 Å². The quantitative estimate of drug-likeness (QED) is 0.289. The first-order valence-electron chi connectivity index (χ1n) is 10.6. The number of benzene rings is 4. The molecule has 0 saturated heterocycles. The molecule has 5 aromatic rings. The zero-order chi connectivity index (χ0) is 21.9. The van der Waals surface area contributed by atoms with Crippen LogP contribution in [0.25, 0.3) is 33.1 Å². The summed E-state index contributed by atoms with van der Waals surface area (Å²) in [5.74, 6) is 1.49. The van der Waals surface area contributed by atoms with E-state index < -0.39 is 0 Å². The second kappa shape index (κ2) is 8.85. The van der Waals surface area contributed by atoms with E-state index in [-0.39, 0.29) is 5.56 Å². The lowest BCUT2D eigenvalue weighted by Gasteiger charge is -2.15. The van der Waals surface area contributed by atoms with Crippen molar-refractivity contribution in [2.24, 2.45) is 0 Å². The SMILES string of the molecule is O=c1c2ccccc2nc(-c2ccc(Cl)cc2)n1CCCOc1cccc2ccccc12. The van der Waals surface area contributed by atoms with Crippen LogP contribution in [-0.2, 0) is 6.54 Å². The van der Waals surface area contributed by atoms with E-state index in [1.54, 1.807) is 4.57 Å². The lowest BCUT2D eigenvalue weighted by molar-refractivity contribution is 0.304.